The maximum atomic E-state index is 14.1. The molecule has 308 valence electrons. The molecule has 1 heterocycles. The molecule has 0 saturated carbocycles. The second-order valence-corrected chi connectivity index (χ2v) is 16.6. The Hall–Kier alpha value is -5.54. The zero-order valence-corrected chi connectivity index (χ0v) is 33.8. The van der Waals surface area contributed by atoms with Crippen molar-refractivity contribution in [3.63, 3.8) is 0 Å². The van der Waals surface area contributed by atoms with Crippen molar-refractivity contribution in [1.82, 2.24) is 31.9 Å². The standard InChI is InChI=1S/C40H58N6O10/c1-38(2,3)54-35(51)42-17-11-14-28-33(49)45-29(32(48)41-18-19-43-36(52)55-39(4,5)6)21-24-12-10-13-25(20-24)26-15-16-31(47)27(22-26)23-30(34(50)44-28)46-37(53)56-40(7,8)9/h10,12-13,15-16,20,22,28-30,47H,11,14,17-19,21,23H2,1-9H3,(H,41,48)(H,42,51)(H,43,52)(H,44,50)(H,45,49)(H,46,53)/t28-,29-,30-/m0/s1. The molecule has 0 aliphatic carbocycles. The molecule has 0 fully saturated rings. The molecule has 1 aliphatic rings. The summed E-state index contributed by atoms with van der Waals surface area (Å²) >= 11 is 0. The number of hydrogen-bond acceptors (Lipinski definition) is 10. The Morgan fingerprint density at radius 3 is 1.89 bits per heavy atom. The lowest BCUT2D eigenvalue weighted by Gasteiger charge is -2.27. The van der Waals surface area contributed by atoms with Gasteiger partial charge in [-0.3, -0.25) is 14.4 Å². The summed E-state index contributed by atoms with van der Waals surface area (Å²) in [4.78, 5) is 79.2. The Labute approximate surface area is 328 Å². The van der Waals surface area contributed by atoms with Crippen LogP contribution in [0.1, 0.15) is 86.3 Å². The second kappa shape index (κ2) is 19.4. The van der Waals surface area contributed by atoms with Gasteiger partial charge in [0, 0.05) is 32.5 Å². The largest absolute Gasteiger partial charge is 0.508 e. The Kier molecular flexibility index (Phi) is 15.5. The van der Waals surface area contributed by atoms with Crippen molar-refractivity contribution in [2.75, 3.05) is 19.6 Å². The maximum absolute atomic E-state index is 14.1. The number of fused-ring (bicyclic) bond motifs is 5. The Morgan fingerprint density at radius 2 is 1.27 bits per heavy atom. The Bertz CT molecular complexity index is 1730. The highest BCUT2D eigenvalue weighted by molar-refractivity contribution is 5.94. The van der Waals surface area contributed by atoms with Crippen LogP contribution in [-0.2, 0) is 41.4 Å². The molecule has 4 bridgehead atoms. The highest BCUT2D eigenvalue weighted by Crippen LogP contribution is 2.28. The summed E-state index contributed by atoms with van der Waals surface area (Å²) in [5.41, 5.74) is 0.152. The molecule has 3 rings (SSSR count). The molecule has 6 amide bonds. The smallest absolute Gasteiger partial charge is 0.408 e. The molecular weight excluding hydrogens is 724 g/mol. The minimum Gasteiger partial charge on any atom is -0.508 e. The van der Waals surface area contributed by atoms with Gasteiger partial charge < -0.3 is 51.2 Å². The molecule has 0 saturated heterocycles. The van der Waals surface area contributed by atoms with Crippen molar-refractivity contribution < 1.29 is 48.1 Å². The minimum absolute atomic E-state index is 0.0108. The third-order valence-corrected chi connectivity index (χ3v) is 7.91. The van der Waals surface area contributed by atoms with Crippen molar-refractivity contribution in [1.29, 1.82) is 0 Å². The van der Waals surface area contributed by atoms with Crippen LogP contribution in [0.5, 0.6) is 5.75 Å². The van der Waals surface area contributed by atoms with Gasteiger partial charge in [-0.15, -0.1) is 0 Å². The van der Waals surface area contributed by atoms with E-state index in [-0.39, 0.29) is 51.1 Å². The second-order valence-electron chi connectivity index (χ2n) is 16.6. The number of ether oxygens (including phenoxy) is 3. The topological polar surface area (TPSA) is 223 Å². The molecule has 0 unspecified atom stereocenters. The van der Waals surface area contributed by atoms with Crippen LogP contribution < -0.4 is 31.9 Å². The predicted molar refractivity (Wildman–Crippen MR) is 209 cm³/mol. The Morgan fingerprint density at radius 1 is 0.696 bits per heavy atom. The number of phenolic OH excluding ortho intramolecular Hbond substituents is 1. The fourth-order valence-corrected chi connectivity index (χ4v) is 5.54. The summed E-state index contributed by atoms with van der Waals surface area (Å²) < 4.78 is 16.0. The van der Waals surface area contributed by atoms with Crippen LogP contribution in [0.15, 0.2) is 42.5 Å². The average molecular weight is 783 g/mol. The van der Waals surface area contributed by atoms with Crippen LogP contribution in [0.2, 0.25) is 0 Å². The minimum atomic E-state index is -1.31. The van der Waals surface area contributed by atoms with Crippen LogP contribution in [0.3, 0.4) is 0 Å². The number of alkyl carbamates (subject to hydrolysis) is 3. The molecule has 2 aromatic rings. The molecule has 2 aromatic carbocycles. The van der Waals surface area contributed by atoms with Crippen LogP contribution >= 0.6 is 0 Å². The van der Waals surface area contributed by atoms with Crippen LogP contribution in [0, 0.1) is 0 Å². The lowest BCUT2D eigenvalue weighted by atomic mass is 9.96. The van der Waals surface area contributed by atoms with E-state index in [2.05, 4.69) is 31.9 Å². The van der Waals surface area contributed by atoms with E-state index in [9.17, 15) is 33.9 Å². The first-order valence-electron chi connectivity index (χ1n) is 18.7. The van der Waals surface area contributed by atoms with E-state index >= 15 is 0 Å². The van der Waals surface area contributed by atoms with Gasteiger partial charge in [0.15, 0.2) is 0 Å². The summed E-state index contributed by atoms with van der Waals surface area (Å²) in [7, 11) is 0. The Balaban J connectivity index is 1.97. The lowest BCUT2D eigenvalue weighted by molar-refractivity contribution is -0.132. The third kappa shape index (κ3) is 16.1. The number of nitrogens with one attached hydrogen (secondary N) is 6. The number of rotatable bonds is 9. The molecule has 16 heteroatoms. The highest BCUT2D eigenvalue weighted by atomic mass is 16.6. The summed E-state index contributed by atoms with van der Waals surface area (Å²) in [6.07, 6.45) is -2.09. The van der Waals surface area contributed by atoms with Gasteiger partial charge in [0.1, 0.15) is 40.7 Å². The van der Waals surface area contributed by atoms with Crippen molar-refractivity contribution in [2.45, 2.75) is 123 Å². The molecule has 0 spiro atoms. The zero-order chi connectivity index (χ0) is 41.8. The van der Waals surface area contributed by atoms with Gasteiger partial charge in [-0.25, -0.2) is 14.4 Å². The van der Waals surface area contributed by atoms with Gasteiger partial charge in [-0.1, -0.05) is 30.3 Å². The number of carbonyl (C=O) groups is 6. The summed E-state index contributed by atoms with van der Waals surface area (Å²) in [6.45, 7) is 15.5. The summed E-state index contributed by atoms with van der Waals surface area (Å²) in [5, 5.41) is 26.9. The zero-order valence-electron chi connectivity index (χ0n) is 33.8. The SMILES string of the molecule is CC(C)(C)OC(=O)NCCC[C@@H]1NC(=O)[C@@H](NC(=O)OC(C)(C)C)Cc2cc(ccc2O)-c2cccc(c2)C[C@@H](C(=O)NCCNC(=O)OC(C)(C)C)NC1=O. The number of amides is 6. The molecule has 56 heavy (non-hydrogen) atoms. The average Bonchev–Trinajstić information content (AvgIpc) is 3.05. The van der Waals surface area contributed by atoms with Crippen LogP contribution in [-0.4, -0.2) is 95.7 Å². The van der Waals surface area contributed by atoms with Gasteiger partial charge in [0.25, 0.3) is 0 Å². The summed E-state index contributed by atoms with van der Waals surface area (Å²) in [5.74, 6) is -2.12. The quantitative estimate of drug-likeness (QED) is 0.143. The van der Waals surface area contributed by atoms with Crippen LogP contribution in [0.25, 0.3) is 11.1 Å². The van der Waals surface area contributed by atoms with Gasteiger partial charge in [-0.2, -0.15) is 0 Å². The van der Waals surface area contributed by atoms with E-state index in [0.29, 0.717) is 16.7 Å². The van der Waals surface area contributed by atoms with Gasteiger partial charge in [0.05, 0.1) is 0 Å². The number of phenols is 1. The monoisotopic (exact) mass is 782 g/mol. The highest BCUT2D eigenvalue weighted by Gasteiger charge is 2.32. The first kappa shape index (κ1) is 44.9. The third-order valence-electron chi connectivity index (χ3n) is 7.91. The molecule has 1 aliphatic heterocycles. The van der Waals surface area contributed by atoms with Gasteiger partial charge in [0.2, 0.25) is 17.7 Å². The molecule has 3 atom stereocenters. The van der Waals surface area contributed by atoms with Crippen LogP contribution in [0.4, 0.5) is 14.4 Å². The maximum Gasteiger partial charge on any atom is 0.408 e. The molecule has 0 radical (unpaired) electrons. The predicted octanol–water partition coefficient (Wildman–Crippen LogP) is 3.97. The molecule has 0 aromatic heterocycles. The van der Waals surface area contributed by atoms with Gasteiger partial charge in [-0.05, 0) is 110 Å². The first-order valence-corrected chi connectivity index (χ1v) is 18.7. The van der Waals surface area contributed by atoms with Crippen molar-refractivity contribution in [3.05, 3.63) is 53.6 Å². The van der Waals surface area contributed by atoms with E-state index in [1.807, 2.05) is 18.2 Å². The van der Waals surface area contributed by atoms with Crippen molar-refractivity contribution in [3.8, 4) is 16.9 Å². The number of aromatic hydroxyl groups is 1. The molecule has 7 N–H and O–H groups in total. The molecule has 16 nitrogen and oxygen atoms in total. The first-order chi connectivity index (χ1) is 26.0. The molecular formula is C40H58N6O10. The van der Waals surface area contributed by atoms with E-state index in [1.165, 1.54) is 6.07 Å². The van der Waals surface area contributed by atoms with E-state index in [0.717, 1.165) is 5.56 Å². The summed E-state index contributed by atoms with van der Waals surface area (Å²) in [6, 6.07) is 8.52. The normalized spacial score (nSPS) is 17.8. The number of hydrogen-bond donors (Lipinski definition) is 7. The number of benzene rings is 2. The van der Waals surface area contributed by atoms with E-state index in [1.54, 1.807) is 80.5 Å². The van der Waals surface area contributed by atoms with Gasteiger partial charge >= 0.3 is 18.3 Å². The van der Waals surface area contributed by atoms with Crippen molar-refractivity contribution in [2.24, 2.45) is 0 Å². The lowest BCUT2D eigenvalue weighted by Crippen LogP contribution is -2.58. The van der Waals surface area contributed by atoms with E-state index < -0.39 is 70.9 Å². The van der Waals surface area contributed by atoms with Crippen molar-refractivity contribution >= 4 is 36.0 Å². The fraction of sp³-hybridized carbons (Fsp3) is 0.550. The van der Waals surface area contributed by atoms with E-state index in [4.69, 9.17) is 14.2 Å². The number of carbonyl (C=O) groups excluding carboxylic acids is 6. The fourth-order valence-electron chi connectivity index (χ4n) is 5.54.